The van der Waals surface area contributed by atoms with E-state index < -0.39 is 6.36 Å². The van der Waals surface area contributed by atoms with Crippen LogP contribution in [0.15, 0.2) is 35.5 Å². The Morgan fingerprint density at radius 3 is 2.52 bits per heavy atom. The molecule has 1 N–H and O–H groups in total. The number of fused-ring (bicyclic) bond motifs is 1. The molecule has 0 saturated carbocycles. The molecule has 0 spiro atoms. The van der Waals surface area contributed by atoms with Gasteiger partial charge in [-0.25, -0.2) is 0 Å². The van der Waals surface area contributed by atoms with Crippen molar-refractivity contribution in [2.24, 2.45) is 5.16 Å². The summed E-state index contributed by atoms with van der Waals surface area (Å²) in [6, 6.07) is 7.60. The normalized spacial score (nSPS) is 16.2. The van der Waals surface area contributed by atoms with Gasteiger partial charge in [0.05, 0.1) is 6.21 Å². The number of anilines is 1. The Bertz CT molecular complexity index is 997. The van der Waals surface area contributed by atoms with Gasteiger partial charge in [-0.2, -0.15) is 0 Å². The number of rotatable bonds is 3. The van der Waals surface area contributed by atoms with E-state index in [1.54, 1.807) is 20.0 Å². The molecular formula is C21H21F3N2O3. The van der Waals surface area contributed by atoms with E-state index in [1.807, 2.05) is 19.9 Å². The molecule has 0 fully saturated rings. The summed E-state index contributed by atoms with van der Waals surface area (Å²) in [7, 11) is 1.65. The number of halogens is 3. The molecule has 0 aromatic heterocycles. The maximum atomic E-state index is 12.9. The molecule has 1 aliphatic heterocycles. The van der Waals surface area contributed by atoms with Crippen molar-refractivity contribution in [2.75, 3.05) is 11.9 Å². The van der Waals surface area contributed by atoms with E-state index >= 15 is 0 Å². The second-order valence-electron chi connectivity index (χ2n) is 7.75. The van der Waals surface area contributed by atoms with Gasteiger partial charge in [-0.05, 0) is 53.4 Å². The minimum absolute atomic E-state index is 0.0646. The molecular weight excluding hydrogens is 385 g/mol. The van der Waals surface area contributed by atoms with Crippen molar-refractivity contribution < 1.29 is 27.9 Å². The molecule has 2 aromatic rings. The number of amides is 1. The van der Waals surface area contributed by atoms with Crippen molar-refractivity contribution in [3.63, 3.8) is 0 Å². The van der Waals surface area contributed by atoms with Crippen LogP contribution in [0.4, 0.5) is 18.9 Å². The van der Waals surface area contributed by atoms with Gasteiger partial charge in [-0.3, -0.25) is 4.79 Å². The number of hydrogen-bond donors (Lipinski definition) is 1. The predicted molar refractivity (Wildman–Crippen MR) is 104 cm³/mol. The highest BCUT2D eigenvalue weighted by Crippen LogP contribution is 2.45. The molecule has 1 heterocycles. The number of oxime groups is 1. The van der Waals surface area contributed by atoms with Crippen molar-refractivity contribution in [1.29, 1.82) is 0 Å². The third-order valence-electron chi connectivity index (χ3n) is 5.13. The smallest absolute Gasteiger partial charge is 0.411 e. The number of aryl methyl sites for hydroxylation is 1. The summed E-state index contributed by atoms with van der Waals surface area (Å²) in [5.74, 6) is -0.440. The minimum atomic E-state index is -4.86. The zero-order valence-electron chi connectivity index (χ0n) is 16.5. The monoisotopic (exact) mass is 406 g/mol. The maximum absolute atomic E-state index is 12.9. The zero-order valence-corrected chi connectivity index (χ0v) is 16.5. The van der Waals surface area contributed by atoms with E-state index in [0.29, 0.717) is 23.2 Å². The number of alkyl halides is 3. The lowest BCUT2D eigenvalue weighted by Crippen LogP contribution is -2.39. The largest absolute Gasteiger partial charge is 0.573 e. The molecule has 154 valence electrons. The van der Waals surface area contributed by atoms with Crippen molar-refractivity contribution in [2.45, 2.75) is 39.0 Å². The third-order valence-corrected chi connectivity index (χ3v) is 5.13. The van der Waals surface area contributed by atoms with Crippen molar-refractivity contribution >= 4 is 17.8 Å². The van der Waals surface area contributed by atoms with Gasteiger partial charge in [-0.15, -0.1) is 13.2 Å². The van der Waals surface area contributed by atoms with Crippen LogP contribution >= 0.6 is 0 Å². The number of benzene rings is 2. The molecule has 29 heavy (non-hydrogen) atoms. The summed E-state index contributed by atoms with van der Waals surface area (Å²) >= 11 is 0. The highest BCUT2D eigenvalue weighted by Gasteiger charge is 2.36. The molecule has 8 heteroatoms. The summed E-state index contributed by atoms with van der Waals surface area (Å²) in [5, 5.41) is 11.7. The summed E-state index contributed by atoms with van der Waals surface area (Å²) in [6.07, 6.45) is -3.40. The fourth-order valence-electron chi connectivity index (χ4n) is 3.65. The fraction of sp³-hybridized carbons (Fsp3) is 0.333. The lowest BCUT2D eigenvalue weighted by atomic mass is 9.76. The molecule has 0 atom stereocenters. The zero-order chi connectivity index (χ0) is 21.6. The van der Waals surface area contributed by atoms with Gasteiger partial charge in [0.1, 0.15) is 5.75 Å². The number of carbonyl (C=O) groups excluding carboxylic acids is 1. The average Bonchev–Trinajstić information content (AvgIpc) is 2.60. The Labute approximate surface area is 166 Å². The molecule has 0 unspecified atom stereocenters. The Balaban J connectivity index is 2.25. The SMILES string of the molecule is Cc1cc2c(cc1-c1cc(/C=N/O)ccc1OC(F)(F)F)N(C)C(=O)CC2(C)C. The minimum Gasteiger partial charge on any atom is -0.411 e. The van der Waals surface area contributed by atoms with Crippen LogP contribution in [-0.4, -0.2) is 30.7 Å². The molecule has 5 nitrogen and oxygen atoms in total. The average molecular weight is 406 g/mol. The first-order valence-corrected chi connectivity index (χ1v) is 8.92. The van der Waals surface area contributed by atoms with Gasteiger partial charge in [0.2, 0.25) is 5.91 Å². The second-order valence-corrected chi connectivity index (χ2v) is 7.75. The van der Waals surface area contributed by atoms with E-state index in [9.17, 15) is 18.0 Å². The lowest BCUT2D eigenvalue weighted by Gasteiger charge is -2.37. The van der Waals surface area contributed by atoms with Crippen molar-refractivity contribution in [3.05, 3.63) is 47.0 Å². The lowest BCUT2D eigenvalue weighted by molar-refractivity contribution is -0.274. The molecule has 0 saturated heterocycles. The molecule has 0 aliphatic carbocycles. The number of ether oxygens (including phenoxy) is 1. The van der Waals surface area contributed by atoms with Crippen molar-refractivity contribution in [1.82, 2.24) is 0 Å². The molecule has 0 bridgehead atoms. The van der Waals surface area contributed by atoms with Crippen LogP contribution in [0.1, 0.15) is 37.0 Å². The summed E-state index contributed by atoms with van der Waals surface area (Å²) in [6.45, 7) is 5.73. The Morgan fingerprint density at radius 2 is 1.90 bits per heavy atom. The Morgan fingerprint density at radius 1 is 1.21 bits per heavy atom. The maximum Gasteiger partial charge on any atom is 0.573 e. The Kier molecular flexibility index (Phi) is 5.06. The van der Waals surface area contributed by atoms with E-state index in [2.05, 4.69) is 9.89 Å². The number of nitrogens with zero attached hydrogens (tertiary/aromatic N) is 2. The first-order valence-electron chi connectivity index (χ1n) is 8.92. The van der Waals surface area contributed by atoms with E-state index in [4.69, 9.17) is 5.21 Å². The van der Waals surface area contributed by atoms with Crippen LogP contribution in [0.5, 0.6) is 5.75 Å². The number of carbonyl (C=O) groups is 1. The third kappa shape index (κ3) is 4.06. The van der Waals surface area contributed by atoms with Crippen LogP contribution in [-0.2, 0) is 10.2 Å². The summed E-state index contributed by atoms with van der Waals surface area (Å²) in [5.41, 5.74) is 3.03. The van der Waals surface area contributed by atoms with Crippen LogP contribution in [0.25, 0.3) is 11.1 Å². The molecule has 3 rings (SSSR count). The van der Waals surface area contributed by atoms with E-state index in [0.717, 1.165) is 17.3 Å². The number of hydrogen-bond acceptors (Lipinski definition) is 4. The van der Waals surface area contributed by atoms with Crippen LogP contribution in [0.2, 0.25) is 0 Å². The Hall–Kier alpha value is -3.03. The van der Waals surface area contributed by atoms with Gasteiger partial charge >= 0.3 is 6.36 Å². The highest BCUT2D eigenvalue weighted by molar-refractivity contribution is 5.99. The first-order chi connectivity index (χ1) is 13.4. The van der Waals surface area contributed by atoms with Crippen molar-refractivity contribution in [3.8, 4) is 16.9 Å². The molecule has 0 radical (unpaired) electrons. The summed E-state index contributed by atoms with van der Waals surface area (Å²) < 4.78 is 43.0. The first kappa shape index (κ1) is 20.7. The summed E-state index contributed by atoms with van der Waals surface area (Å²) in [4.78, 5) is 13.9. The molecule has 1 amide bonds. The van der Waals surface area contributed by atoms with Crippen LogP contribution in [0.3, 0.4) is 0 Å². The fourth-order valence-corrected chi connectivity index (χ4v) is 3.65. The molecule has 2 aromatic carbocycles. The van der Waals surface area contributed by atoms with Crippen LogP contribution < -0.4 is 9.64 Å². The van der Waals surface area contributed by atoms with Crippen LogP contribution in [0, 0.1) is 6.92 Å². The topological polar surface area (TPSA) is 62.1 Å². The van der Waals surface area contributed by atoms with E-state index in [-0.39, 0.29) is 22.6 Å². The standard InChI is InChI=1S/C21H21F3N2O3/c1-12-7-16-17(26(4)19(27)10-20(16,2)3)9-14(12)15-8-13(11-25-28)5-6-18(15)29-21(22,23)24/h5-9,11,28H,10H2,1-4H3/b25-11+. The van der Waals surface area contributed by atoms with Gasteiger partial charge in [-0.1, -0.05) is 25.1 Å². The highest BCUT2D eigenvalue weighted by atomic mass is 19.4. The van der Waals surface area contributed by atoms with E-state index in [1.165, 1.54) is 23.1 Å². The van der Waals surface area contributed by atoms with Gasteiger partial charge in [0, 0.05) is 30.1 Å². The second kappa shape index (κ2) is 7.09. The molecule has 1 aliphatic rings. The van der Waals surface area contributed by atoms with Gasteiger partial charge in [0.25, 0.3) is 0 Å². The van der Waals surface area contributed by atoms with Gasteiger partial charge in [0.15, 0.2) is 0 Å². The van der Waals surface area contributed by atoms with Gasteiger partial charge < -0.3 is 14.8 Å². The predicted octanol–water partition coefficient (Wildman–Crippen LogP) is 5.01. The quantitative estimate of drug-likeness (QED) is 0.443.